The first-order valence-corrected chi connectivity index (χ1v) is 8.63. The van der Waals surface area contributed by atoms with E-state index in [0.29, 0.717) is 0 Å². The number of imide groups is 1. The Labute approximate surface area is 161 Å². The predicted octanol–water partition coefficient (Wildman–Crippen LogP) is 3.86. The highest BCUT2D eigenvalue weighted by molar-refractivity contribution is 9.10. The molecule has 6 nitrogen and oxygen atoms in total. The van der Waals surface area contributed by atoms with Crippen molar-refractivity contribution in [2.75, 3.05) is 16.8 Å². The lowest BCUT2D eigenvalue weighted by atomic mass is 10.1. The van der Waals surface area contributed by atoms with Crippen LogP contribution in [0.1, 0.15) is 15.9 Å². The van der Waals surface area contributed by atoms with Crippen LogP contribution in [-0.4, -0.2) is 24.4 Å². The third-order valence-electron chi connectivity index (χ3n) is 3.87. The van der Waals surface area contributed by atoms with Crippen LogP contribution in [0.5, 0.6) is 0 Å². The topological polar surface area (TPSA) is 78.5 Å². The number of rotatable bonds is 3. The molecular weight excluding hydrogens is 429 g/mol. The first kappa shape index (κ1) is 18.3. The quantitative estimate of drug-likeness (QED) is 0.712. The number of hydrogen-bond donors (Lipinski definition) is 2. The molecule has 1 saturated heterocycles. The van der Waals surface area contributed by atoms with Crippen molar-refractivity contribution in [2.24, 2.45) is 0 Å². The molecule has 2 aromatic carbocycles. The number of hydrogen-bond acceptors (Lipinski definition) is 3. The molecule has 2 N–H and O–H groups in total. The summed E-state index contributed by atoms with van der Waals surface area (Å²) in [6, 6.07) is 6.51. The molecule has 1 fully saturated rings. The Morgan fingerprint density at radius 1 is 1.31 bits per heavy atom. The molecule has 3 rings (SSSR count). The van der Waals surface area contributed by atoms with Crippen LogP contribution in [0.3, 0.4) is 0 Å². The summed E-state index contributed by atoms with van der Waals surface area (Å²) in [5.41, 5.74) is 0.551. The van der Waals surface area contributed by atoms with E-state index in [1.165, 1.54) is 13.0 Å². The maximum absolute atomic E-state index is 14.3. The van der Waals surface area contributed by atoms with Crippen LogP contribution in [0.25, 0.3) is 0 Å². The van der Waals surface area contributed by atoms with Gasteiger partial charge in [0.1, 0.15) is 5.82 Å². The van der Waals surface area contributed by atoms with E-state index in [4.69, 9.17) is 11.6 Å². The number of anilines is 2. The van der Waals surface area contributed by atoms with Gasteiger partial charge in [-0.1, -0.05) is 27.5 Å². The fourth-order valence-corrected chi connectivity index (χ4v) is 3.35. The normalized spacial score (nSPS) is 13.8. The van der Waals surface area contributed by atoms with Gasteiger partial charge < -0.3 is 10.6 Å². The van der Waals surface area contributed by atoms with Crippen molar-refractivity contribution in [3.63, 3.8) is 0 Å². The van der Waals surface area contributed by atoms with Crippen molar-refractivity contribution in [1.82, 2.24) is 5.32 Å². The van der Waals surface area contributed by atoms with Gasteiger partial charge in [0, 0.05) is 10.2 Å². The lowest BCUT2D eigenvalue weighted by Crippen LogP contribution is -2.32. The van der Waals surface area contributed by atoms with Gasteiger partial charge in [0.25, 0.3) is 11.8 Å². The maximum Gasteiger partial charge on any atom is 0.329 e. The predicted molar refractivity (Wildman–Crippen MR) is 99.1 cm³/mol. The molecule has 134 valence electrons. The zero-order valence-corrected chi connectivity index (χ0v) is 15.7. The monoisotopic (exact) mass is 439 g/mol. The van der Waals surface area contributed by atoms with Crippen molar-refractivity contribution in [3.8, 4) is 0 Å². The Morgan fingerprint density at radius 3 is 2.65 bits per heavy atom. The SMILES string of the molecule is Cc1c(NC(=O)c2ccc(Br)cc2Cl)ccc(F)c1N1C(=O)CNC1=O. The van der Waals surface area contributed by atoms with E-state index in [-0.39, 0.29) is 34.1 Å². The summed E-state index contributed by atoms with van der Waals surface area (Å²) in [5, 5.41) is 5.21. The fourth-order valence-electron chi connectivity index (χ4n) is 2.59. The molecule has 0 spiro atoms. The van der Waals surface area contributed by atoms with E-state index in [0.717, 1.165) is 15.4 Å². The van der Waals surface area contributed by atoms with E-state index in [9.17, 15) is 18.8 Å². The summed E-state index contributed by atoms with van der Waals surface area (Å²) in [5.74, 6) is -1.82. The number of urea groups is 1. The molecule has 1 aliphatic heterocycles. The summed E-state index contributed by atoms with van der Waals surface area (Å²) in [6.45, 7) is 1.30. The van der Waals surface area contributed by atoms with Gasteiger partial charge in [-0.25, -0.2) is 14.1 Å². The molecule has 0 aromatic heterocycles. The molecule has 0 bridgehead atoms. The molecule has 2 aromatic rings. The number of amides is 4. The largest absolute Gasteiger partial charge is 0.329 e. The Hall–Kier alpha value is -2.45. The van der Waals surface area contributed by atoms with E-state index < -0.39 is 23.7 Å². The molecule has 0 unspecified atom stereocenters. The van der Waals surface area contributed by atoms with Gasteiger partial charge in [-0.05, 0) is 42.8 Å². The standard InChI is InChI=1S/C17H12BrClFN3O3/c1-8-13(22-16(25)10-3-2-9(18)6-11(10)19)5-4-12(20)15(8)23-14(24)7-21-17(23)26/h2-6H,7H2,1H3,(H,21,26)(H,22,25). The average Bonchev–Trinajstić information content (AvgIpc) is 2.90. The van der Waals surface area contributed by atoms with E-state index >= 15 is 0 Å². The number of carbonyl (C=O) groups is 3. The summed E-state index contributed by atoms with van der Waals surface area (Å²) < 4.78 is 15.0. The average molecular weight is 441 g/mol. The molecule has 1 heterocycles. The van der Waals surface area contributed by atoms with E-state index in [1.807, 2.05) is 0 Å². The molecule has 0 saturated carbocycles. The molecule has 26 heavy (non-hydrogen) atoms. The fraction of sp³-hybridized carbons (Fsp3) is 0.118. The highest BCUT2D eigenvalue weighted by atomic mass is 79.9. The smallest absolute Gasteiger partial charge is 0.328 e. The van der Waals surface area contributed by atoms with Crippen LogP contribution < -0.4 is 15.5 Å². The zero-order valence-electron chi connectivity index (χ0n) is 13.4. The minimum absolute atomic E-state index is 0.190. The highest BCUT2D eigenvalue weighted by Gasteiger charge is 2.33. The molecule has 0 atom stereocenters. The summed E-state index contributed by atoms with van der Waals surface area (Å²) >= 11 is 9.33. The number of halogens is 3. The third kappa shape index (κ3) is 3.30. The van der Waals surface area contributed by atoms with Crippen LogP contribution in [0, 0.1) is 12.7 Å². The van der Waals surface area contributed by atoms with Crippen molar-refractivity contribution in [3.05, 3.63) is 56.8 Å². The minimum atomic E-state index is -0.743. The summed E-state index contributed by atoms with van der Waals surface area (Å²) in [7, 11) is 0. The van der Waals surface area contributed by atoms with Crippen molar-refractivity contribution in [2.45, 2.75) is 6.92 Å². The Balaban J connectivity index is 1.97. The first-order valence-electron chi connectivity index (χ1n) is 7.46. The van der Waals surface area contributed by atoms with Crippen molar-refractivity contribution < 1.29 is 18.8 Å². The maximum atomic E-state index is 14.3. The summed E-state index contributed by atoms with van der Waals surface area (Å²) in [4.78, 5) is 36.9. The molecule has 1 aliphatic rings. The van der Waals surface area contributed by atoms with Crippen LogP contribution in [0.15, 0.2) is 34.8 Å². The number of nitrogens with zero attached hydrogens (tertiary/aromatic N) is 1. The second-order valence-electron chi connectivity index (χ2n) is 5.53. The van der Waals surface area contributed by atoms with Gasteiger partial charge in [0.15, 0.2) is 0 Å². The van der Waals surface area contributed by atoms with Gasteiger partial charge in [-0.2, -0.15) is 0 Å². The van der Waals surface area contributed by atoms with Gasteiger partial charge in [0.05, 0.1) is 22.8 Å². The van der Waals surface area contributed by atoms with Gasteiger partial charge in [-0.15, -0.1) is 0 Å². The van der Waals surface area contributed by atoms with Crippen LogP contribution in [0.4, 0.5) is 20.6 Å². The third-order valence-corrected chi connectivity index (χ3v) is 4.68. The zero-order chi connectivity index (χ0) is 19.0. The van der Waals surface area contributed by atoms with Gasteiger partial charge in [0.2, 0.25) is 0 Å². The Morgan fingerprint density at radius 2 is 2.04 bits per heavy atom. The Bertz CT molecular complexity index is 935. The highest BCUT2D eigenvalue weighted by Crippen LogP contribution is 2.32. The number of carbonyl (C=O) groups excluding carboxylic acids is 3. The number of benzene rings is 2. The molecule has 4 amide bonds. The van der Waals surface area contributed by atoms with E-state index in [1.54, 1.807) is 18.2 Å². The lowest BCUT2D eigenvalue weighted by Gasteiger charge is -2.19. The number of nitrogens with one attached hydrogen (secondary N) is 2. The second kappa shape index (κ2) is 7.05. The van der Waals surface area contributed by atoms with Crippen molar-refractivity contribution in [1.29, 1.82) is 0 Å². The first-order chi connectivity index (χ1) is 12.3. The molecular formula is C17H12BrClFN3O3. The van der Waals surface area contributed by atoms with Gasteiger partial charge >= 0.3 is 6.03 Å². The lowest BCUT2D eigenvalue weighted by molar-refractivity contribution is -0.115. The summed E-state index contributed by atoms with van der Waals surface area (Å²) in [6.07, 6.45) is 0. The van der Waals surface area contributed by atoms with Crippen molar-refractivity contribution >= 4 is 56.8 Å². The Kier molecular flexibility index (Phi) is 4.97. The molecule has 9 heteroatoms. The van der Waals surface area contributed by atoms with Crippen LogP contribution in [0.2, 0.25) is 5.02 Å². The minimum Gasteiger partial charge on any atom is -0.328 e. The van der Waals surface area contributed by atoms with Gasteiger partial charge in [-0.3, -0.25) is 9.59 Å². The molecule has 0 radical (unpaired) electrons. The van der Waals surface area contributed by atoms with Crippen LogP contribution >= 0.6 is 27.5 Å². The van der Waals surface area contributed by atoms with E-state index in [2.05, 4.69) is 26.6 Å². The van der Waals surface area contributed by atoms with Crippen LogP contribution in [-0.2, 0) is 4.79 Å². The molecule has 0 aliphatic carbocycles. The second-order valence-corrected chi connectivity index (χ2v) is 6.86.